The quantitative estimate of drug-likeness (QED) is 0.784. The van der Waals surface area contributed by atoms with Crippen molar-refractivity contribution in [2.75, 3.05) is 19.9 Å². The van der Waals surface area contributed by atoms with E-state index in [0.29, 0.717) is 13.3 Å². The van der Waals surface area contributed by atoms with Crippen LogP contribution in [-0.2, 0) is 10.2 Å². The van der Waals surface area contributed by atoms with E-state index in [4.69, 9.17) is 9.73 Å². The number of benzene rings is 1. The van der Waals surface area contributed by atoms with Crippen molar-refractivity contribution in [3.05, 3.63) is 53.6 Å². The minimum Gasteiger partial charge on any atom is -0.356 e. The first-order valence-corrected chi connectivity index (χ1v) is 8.86. The maximum Gasteiger partial charge on any atom is 0.120 e. The molecule has 0 spiro atoms. The van der Waals surface area contributed by atoms with Gasteiger partial charge in [0.25, 0.3) is 0 Å². The van der Waals surface area contributed by atoms with E-state index in [0.717, 1.165) is 35.6 Å². The Kier molecular flexibility index (Phi) is 4.91. The second kappa shape index (κ2) is 6.94. The molecule has 0 unspecified atom stereocenters. The van der Waals surface area contributed by atoms with Gasteiger partial charge < -0.3 is 9.64 Å². The van der Waals surface area contributed by atoms with Gasteiger partial charge in [0.05, 0.1) is 12.3 Å². The van der Waals surface area contributed by atoms with E-state index in [1.807, 2.05) is 6.08 Å². The number of nitrogens with zero attached hydrogens (tertiary/aromatic N) is 2. The van der Waals surface area contributed by atoms with Crippen LogP contribution < -0.4 is 0 Å². The van der Waals surface area contributed by atoms with Gasteiger partial charge in [0, 0.05) is 24.1 Å². The predicted molar refractivity (Wildman–Crippen MR) is 101 cm³/mol. The number of rotatable bonds is 2. The molecule has 0 amide bonds. The Morgan fingerprint density at radius 1 is 1.17 bits per heavy atom. The van der Waals surface area contributed by atoms with Crippen molar-refractivity contribution in [2.45, 2.75) is 45.4 Å². The van der Waals surface area contributed by atoms with Crippen molar-refractivity contribution in [3.8, 4) is 0 Å². The predicted octanol–water partition coefficient (Wildman–Crippen LogP) is 4.75. The Bertz CT molecular complexity index is 662. The summed E-state index contributed by atoms with van der Waals surface area (Å²) in [5.41, 5.74) is 4.70. The molecule has 3 rings (SSSR count). The van der Waals surface area contributed by atoms with E-state index in [1.165, 1.54) is 18.4 Å². The number of hydrogen-bond donors (Lipinski definition) is 0. The lowest BCUT2D eigenvalue weighted by atomic mass is 9.86. The highest BCUT2D eigenvalue weighted by atomic mass is 16.5. The molecule has 1 aromatic rings. The van der Waals surface area contributed by atoms with Crippen LogP contribution >= 0.6 is 0 Å². The van der Waals surface area contributed by atoms with Crippen LogP contribution in [0.1, 0.15) is 51.2 Å². The third kappa shape index (κ3) is 3.62. The maximum atomic E-state index is 5.89. The average Bonchev–Trinajstić information content (AvgIpc) is 2.55. The largest absolute Gasteiger partial charge is 0.356 e. The van der Waals surface area contributed by atoms with E-state index < -0.39 is 0 Å². The Balaban J connectivity index is 2.02. The van der Waals surface area contributed by atoms with Crippen LogP contribution in [0.4, 0.5) is 0 Å². The van der Waals surface area contributed by atoms with Crippen LogP contribution in [0.25, 0.3) is 5.70 Å². The molecule has 1 aromatic carbocycles. The standard InChI is InChI=1S/C21H28N2O/c1-5-16-14-24-15-23-13-7-6-8-19(23)22-20(16)17-9-11-18(12-10-17)21(2,3)4/h5,9-12H,1,6-8,13-15H2,2-4H3/b20-16-,22-19?. The second-order valence-corrected chi connectivity index (χ2v) is 7.63. The normalized spacial score (nSPS) is 22.3. The van der Waals surface area contributed by atoms with Crippen molar-refractivity contribution >= 4 is 11.5 Å². The second-order valence-electron chi connectivity index (χ2n) is 7.63. The van der Waals surface area contributed by atoms with E-state index in [2.05, 4.69) is 56.5 Å². The lowest BCUT2D eigenvalue weighted by Gasteiger charge is -2.32. The molecule has 2 aliphatic rings. The number of hydrogen-bond acceptors (Lipinski definition) is 3. The lowest BCUT2D eigenvalue weighted by molar-refractivity contribution is 0.0745. The zero-order valence-corrected chi connectivity index (χ0v) is 15.1. The molecule has 1 fully saturated rings. The summed E-state index contributed by atoms with van der Waals surface area (Å²) in [6.07, 6.45) is 5.33. The van der Waals surface area contributed by atoms with Crippen LogP contribution in [0.2, 0.25) is 0 Å². The highest BCUT2D eigenvalue weighted by Gasteiger charge is 2.21. The van der Waals surface area contributed by atoms with Gasteiger partial charge in [0.1, 0.15) is 12.6 Å². The van der Waals surface area contributed by atoms with Crippen molar-refractivity contribution < 1.29 is 4.74 Å². The zero-order chi connectivity index (χ0) is 17.2. The van der Waals surface area contributed by atoms with Crippen molar-refractivity contribution in [1.29, 1.82) is 0 Å². The molecule has 0 aliphatic carbocycles. The third-order valence-corrected chi connectivity index (χ3v) is 4.76. The molecule has 2 heterocycles. The summed E-state index contributed by atoms with van der Waals surface area (Å²) in [5, 5.41) is 0. The zero-order valence-electron chi connectivity index (χ0n) is 15.1. The molecule has 0 aromatic heterocycles. The highest BCUT2D eigenvalue weighted by Crippen LogP contribution is 2.29. The summed E-state index contributed by atoms with van der Waals surface area (Å²) in [6, 6.07) is 8.78. The monoisotopic (exact) mass is 324 g/mol. The van der Waals surface area contributed by atoms with Gasteiger partial charge in [0.15, 0.2) is 0 Å². The topological polar surface area (TPSA) is 24.8 Å². The first-order valence-electron chi connectivity index (χ1n) is 8.86. The third-order valence-electron chi connectivity index (χ3n) is 4.76. The summed E-state index contributed by atoms with van der Waals surface area (Å²) in [7, 11) is 0. The van der Waals surface area contributed by atoms with Gasteiger partial charge in [-0.15, -0.1) is 0 Å². The Morgan fingerprint density at radius 3 is 2.58 bits per heavy atom. The summed E-state index contributed by atoms with van der Waals surface area (Å²) in [4.78, 5) is 7.31. The van der Waals surface area contributed by atoms with Crippen LogP contribution in [0.15, 0.2) is 47.5 Å². The minimum absolute atomic E-state index is 0.157. The maximum absolute atomic E-state index is 5.89. The first kappa shape index (κ1) is 17.0. The molecule has 1 saturated heterocycles. The first-order chi connectivity index (χ1) is 11.5. The van der Waals surface area contributed by atoms with Crippen molar-refractivity contribution in [1.82, 2.24) is 4.90 Å². The number of fused-ring (bicyclic) bond motifs is 1. The molecule has 24 heavy (non-hydrogen) atoms. The molecule has 3 nitrogen and oxygen atoms in total. The number of amidine groups is 1. The van der Waals surface area contributed by atoms with E-state index in [1.54, 1.807) is 0 Å². The fraction of sp³-hybridized carbons (Fsp3) is 0.476. The van der Waals surface area contributed by atoms with Gasteiger partial charge in [0.2, 0.25) is 0 Å². The van der Waals surface area contributed by atoms with Crippen LogP contribution in [0, 0.1) is 0 Å². The van der Waals surface area contributed by atoms with Crippen LogP contribution in [0.5, 0.6) is 0 Å². The van der Waals surface area contributed by atoms with Gasteiger partial charge in [-0.3, -0.25) is 0 Å². The van der Waals surface area contributed by atoms with Gasteiger partial charge >= 0.3 is 0 Å². The number of aliphatic imine (C=N–C) groups is 1. The average molecular weight is 324 g/mol. The molecule has 128 valence electrons. The van der Waals surface area contributed by atoms with Gasteiger partial charge in [-0.05, 0) is 23.8 Å². The molecule has 2 aliphatic heterocycles. The highest BCUT2D eigenvalue weighted by molar-refractivity contribution is 5.90. The Labute approximate surface area is 145 Å². The van der Waals surface area contributed by atoms with Gasteiger partial charge in [-0.25, -0.2) is 4.99 Å². The summed E-state index contributed by atoms with van der Waals surface area (Å²) >= 11 is 0. The molecular formula is C21H28N2O. The Hall–Kier alpha value is -1.87. The van der Waals surface area contributed by atoms with Gasteiger partial charge in [-0.2, -0.15) is 0 Å². The molecule has 3 heteroatoms. The van der Waals surface area contributed by atoms with Crippen LogP contribution in [0.3, 0.4) is 0 Å². The molecule has 0 radical (unpaired) electrons. The van der Waals surface area contributed by atoms with Crippen molar-refractivity contribution in [2.24, 2.45) is 4.99 Å². The SMILES string of the molecule is C=C/C1=C(\c2ccc(C(C)(C)C)cc2)N=C2CCCCN2COC1. The number of piperidine rings is 1. The van der Waals surface area contributed by atoms with Crippen LogP contribution in [-0.4, -0.2) is 30.6 Å². The summed E-state index contributed by atoms with van der Waals surface area (Å²) in [5.74, 6) is 1.15. The molecular weight excluding hydrogens is 296 g/mol. The fourth-order valence-corrected chi connectivity index (χ4v) is 3.21. The minimum atomic E-state index is 0.157. The molecule has 0 atom stereocenters. The van der Waals surface area contributed by atoms with E-state index in [-0.39, 0.29) is 5.41 Å². The smallest absolute Gasteiger partial charge is 0.120 e. The van der Waals surface area contributed by atoms with E-state index in [9.17, 15) is 0 Å². The Morgan fingerprint density at radius 2 is 1.92 bits per heavy atom. The molecule has 0 saturated carbocycles. The molecule has 0 N–H and O–H groups in total. The summed E-state index contributed by atoms with van der Waals surface area (Å²) in [6.45, 7) is 12.9. The van der Waals surface area contributed by atoms with Crippen molar-refractivity contribution in [3.63, 3.8) is 0 Å². The molecule has 0 bridgehead atoms. The summed E-state index contributed by atoms with van der Waals surface area (Å²) < 4.78 is 5.89. The van der Waals surface area contributed by atoms with Gasteiger partial charge in [-0.1, -0.05) is 57.7 Å². The lowest BCUT2D eigenvalue weighted by Crippen LogP contribution is -2.38. The number of ether oxygens (including phenoxy) is 1. The van der Waals surface area contributed by atoms with E-state index >= 15 is 0 Å². The fourth-order valence-electron chi connectivity index (χ4n) is 3.21.